The second-order valence-corrected chi connectivity index (χ2v) is 5.17. The molecule has 0 saturated carbocycles. The average Bonchev–Trinajstić information content (AvgIpc) is 2.57. The van der Waals surface area contributed by atoms with E-state index < -0.39 is 11.9 Å². The predicted molar refractivity (Wildman–Crippen MR) is 93.7 cm³/mol. The zero-order valence-corrected chi connectivity index (χ0v) is 13.3. The Kier molecular flexibility index (Phi) is 5.32. The van der Waals surface area contributed by atoms with Gasteiger partial charge in [0.15, 0.2) is 0 Å². The summed E-state index contributed by atoms with van der Waals surface area (Å²) < 4.78 is 10.1. The minimum atomic E-state index is -0.559. The van der Waals surface area contributed by atoms with E-state index in [0.29, 0.717) is 18.6 Å². The van der Waals surface area contributed by atoms with Crippen LogP contribution in [-0.2, 0) is 25.5 Å². The number of carbonyl (C=O) groups excluding carboxylic acids is 2. The van der Waals surface area contributed by atoms with E-state index in [-0.39, 0.29) is 5.76 Å². The van der Waals surface area contributed by atoms with Gasteiger partial charge in [0.1, 0.15) is 11.5 Å². The molecule has 1 aromatic carbocycles. The maximum atomic E-state index is 11.3. The Morgan fingerprint density at radius 2 is 1.79 bits per heavy atom. The van der Waals surface area contributed by atoms with Crippen LogP contribution >= 0.6 is 0 Å². The lowest BCUT2D eigenvalue weighted by atomic mass is 9.93. The maximum Gasteiger partial charge on any atom is 0.335 e. The summed E-state index contributed by atoms with van der Waals surface area (Å²) >= 11 is 0. The van der Waals surface area contributed by atoms with Crippen LogP contribution in [0.4, 0.5) is 0 Å². The van der Waals surface area contributed by atoms with Gasteiger partial charge in [-0.15, -0.1) is 0 Å². The minimum Gasteiger partial charge on any atom is -0.428 e. The average molecular weight is 322 g/mol. The van der Waals surface area contributed by atoms with Crippen molar-refractivity contribution in [3.05, 3.63) is 77.1 Å². The second-order valence-electron chi connectivity index (χ2n) is 5.17. The lowest BCUT2D eigenvalue weighted by molar-refractivity contribution is -0.134. The van der Waals surface area contributed by atoms with E-state index in [2.05, 4.69) is 26.3 Å². The van der Waals surface area contributed by atoms with Gasteiger partial charge >= 0.3 is 11.9 Å². The Bertz CT molecular complexity index is 872. The molecule has 1 aliphatic carbocycles. The monoisotopic (exact) mass is 322 g/mol. The van der Waals surface area contributed by atoms with Gasteiger partial charge < -0.3 is 9.47 Å². The number of carbonyl (C=O) groups is 2. The van der Waals surface area contributed by atoms with Gasteiger partial charge in [-0.25, -0.2) is 9.59 Å². The molecule has 0 saturated heterocycles. The third kappa shape index (κ3) is 3.98. The van der Waals surface area contributed by atoms with Gasteiger partial charge in [-0.1, -0.05) is 38.4 Å². The number of fused-ring (bicyclic) bond motifs is 1. The molecule has 4 heteroatoms. The standard InChI is InChI=1S/C20H18O4/c1-5-19(21)23-13(3)11-15-7-8-16-12-17(24-20(22)6-2)9-10-18(16)14(15)4/h5-8,11-12H,1-4,9-10H2/b15-11-. The molecular weight excluding hydrogens is 304 g/mol. The zero-order chi connectivity index (χ0) is 17.7. The molecule has 0 unspecified atom stereocenters. The van der Waals surface area contributed by atoms with E-state index in [1.807, 2.05) is 18.2 Å². The lowest BCUT2D eigenvalue weighted by Gasteiger charge is -2.16. The maximum absolute atomic E-state index is 11.3. The highest BCUT2D eigenvalue weighted by Gasteiger charge is 2.14. The van der Waals surface area contributed by atoms with Crippen LogP contribution in [0.5, 0.6) is 0 Å². The highest BCUT2D eigenvalue weighted by Crippen LogP contribution is 2.21. The van der Waals surface area contributed by atoms with Crippen LogP contribution in [0.1, 0.15) is 17.5 Å². The third-order valence-corrected chi connectivity index (χ3v) is 3.55. The van der Waals surface area contributed by atoms with Gasteiger partial charge in [-0.05, 0) is 40.1 Å². The molecule has 2 rings (SSSR count). The van der Waals surface area contributed by atoms with Crippen LogP contribution in [0.2, 0.25) is 0 Å². The number of hydrogen-bond acceptors (Lipinski definition) is 4. The van der Waals surface area contributed by atoms with Crippen LogP contribution in [0.15, 0.2) is 55.5 Å². The van der Waals surface area contributed by atoms with E-state index in [0.717, 1.165) is 33.7 Å². The Morgan fingerprint density at radius 1 is 1.08 bits per heavy atom. The molecule has 0 spiro atoms. The SMILES string of the molecule is C=CC(=O)OC(=C)/C=c1/ccc2c(c1=C)CCC(OC(=O)C=C)=C2. The molecule has 1 aliphatic rings. The van der Waals surface area contributed by atoms with Crippen LogP contribution in [0, 0.1) is 0 Å². The van der Waals surface area contributed by atoms with E-state index in [9.17, 15) is 9.59 Å². The van der Waals surface area contributed by atoms with Gasteiger partial charge in [0.25, 0.3) is 0 Å². The third-order valence-electron chi connectivity index (χ3n) is 3.55. The number of ether oxygens (including phenoxy) is 2. The van der Waals surface area contributed by atoms with Crippen molar-refractivity contribution in [2.45, 2.75) is 12.8 Å². The van der Waals surface area contributed by atoms with Crippen molar-refractivity contribution in [2.24, 2.45) is 0 Å². The fraction of sp³-hybridized carbons (Fsp3) is 0.100. The van der Waals surface area contributed by atoms with Gasteiger partial charge in [-0.2, -0.15) is 0 Å². The summed E-state index contributed by atoms with van der Waals surface area (Å²) in [5, 5.41) is 1.64. The summed E-state index contributed by atoms with van der Waals surface area (Å²) in [5.74, 6) is -0.203. The molecule has 0 aromatic heterocycles. The molecule has 24 heavy (non-hydrogen) atoms. The van der Waals surface area contributed by atoms with Crippen molar-refractivity contribution in [1.29, 1.82) is 0 Å². The lowest BCUT2D eigenvalue weighted by Crippen LogP contribution is -2.29. The summed E-state index contributed by atoms with van der Waals surface area (Å²) in [6.07, 6.45) is 6.99. The van der Waals surface area contributed by atoms with Crippen molar-refractivity contribution >= 4 is 30.7 Å². The first-order valence-electron chi connectivity index (χ1n) is 7.35. The quantitative estimate of drug-likeness (QED) is 0.473. The molecule has 0 atom stereocenters. The Labute approximate surface area is 140 Å². The Morgan fingerprint density at radius 3 is 2.46 bits per heavy atom. The first-order valence-corrected chi connectivity index (χ1v) is 7.35. The molecule has 0 aliphatic heterocycles. The molecule has 0 amide bonds. The molecular formula is C20H18O4. The molecule has 0 bridgehead atoms. The van der Waals surface area contributed by atoms with Gasteiger partial charge in [0, 0.05) is 18.6 Å². The van der Waals surface area contributed by atoms with Gasteiger partial charge in [-0.3, -0.25) is 0 Å². The van der Waals surface area contributed by atoms with Crippen molar-refractivity contribution in [3.63, 3.8) is 0 Å². The van der Waals surface area contributed by atoms with E-state index in [1.54, 1.807) is 6.08 Å². The number of esters is 2. The summed E-state index contributed by atoms with van der Waals surface area (Å²) in [7, 11) is 0. The Balaban J connectivity index is 2.33. The molecule has 0 heterocycles. The number of benzene rings is 1. The fourth-order valence-corrected chi connectivity index (χ4v) is 2.41. The van der Waals surface area contributed by atoms with E-state index >= 15 is 0 Å². The molecule has 4 nitrogen and oxygen atoms in total. The Hall–Kier alpha value is -3.14. The van der Waals surface area contributed by atoms with E-state index in [4.69, 9.17) is 9.47 Å². The van der Waals surface area contributed by atoms with Crippen LogP contribution < -0.4 is 10.4 Å². The minimum absolute atomic E-state index is 0.219. The smallest absolute Gasteiger partial charge is 0.335 e. The summed E-state index contributed by atoms with van der Waals surface area (Å²) in [4.78, 5) is 22.5. The summed E-state index contributed by atoms with van der Waals surface area (Å²) in [6.45, 7) is 14.5. The zero-order valence-electron chi connectivity index (χ0n) is 13.3. The molecule has 0 radical (unpaired) electrons. The second kappa shape index (κ2) is 7.42. The molecule has 1 aromatic rings. The number of hydrogen-bond donors (Lipinski definition) is 0. The van der Waals surface area contributed by atoms with Crippen molar-refractivity contribution < 1.29 is 19.1 Å². The largest absolute Gasteiger partial charge is 0.428 e. The molecule has 0 N–H and O–H groups in total. The van der Waals surface area contributed by atoms with Crippen molar-refractivity contribution in [3.8, 4) is 0 Å². The number of rotatable bonds is 5. The van der Waals surface area contributed by atoms with Crippen LogP contribution in [0.3, 0.4) is 0 Å². The van der Waals surface area contributed by atoms with Crippen LogP contribution in [0.25, 0.3) is 18.7 Å². The highest BCUT2D eigenvalue weighted by molar-refractivity contribution is 5.83. The van der Waals surface area contributed by atoms with Gasteiger partial charge in [0.2, 0.25) is 0 Å². The van der Waals surface area contributed by atoms with Crippen molar-refractivity contribution in [1.82, 2.24) is 0 Å². The fourth-order valence-electron chi connectivity index (χ4n) is 2.41. The summed E-state index contributed by atoms with van der Waals surface area (Å²) in [5.41, 5.74) is 2.01. The topological polar surface area (TPSA) is 52.6 Å². The molecule has 0 fully saturated rings. The normalized spacial score (nSPS) is 13.3. The van der Waals surface area contributed by atoms with E-state index in [1.165, 1.54) is 0 Å². The molecule has 122 valence electrons. The first-order chi connectivity index (χ1) is 11.4. The van der Waals surface area contributed by atoms with Crippen LogP contribution in [-0.4, -0.2) is 11.9 Å². The van der Waals surface area contributed by atoms with Crippen molar-refractivity contribution in [2.75, 3.05) is 0 Å². The predicted octanol–water partition coefficient (Wildman–Crippen LogP) is 2.14. The first kappa shape index (κ1) is 17.2. The summed E-state index contributed by atoms with van der Waals surface area (Å²) in [6, 6.07) is 3.75. The van der Waals surface area contributed by atoms with Gasteiger partial charge in [0.05, 0.1) is 0 Å². The highest BCUT2D eigenvalue weighted by atomic mass is 16.5. The number of allylic oxidation sites excluding steroid dienone is 2.